The highest BCUT2D eigenvalue weighted by Crippen LogP contribution is 2.15. The van der Waals surface area contributed by atoms with E-state index in [-0.39, 0.29) is 0 Å². The molecule has 0 spiro atoms. The van der Waals surface area contributed by atoms with Crippen LogP contribution in [-0.2, 0) is 17.8 Å². The zero-order chi connectivity index (χ0) is 19.1. The smallest absolute Gasteiger partial charge is 0.267 e. The molecular weight excluding hydrogens is 338 g/mol. The zero-order valence-corrected chi connectivity index (χ0v) is 15.5. The number of carbonyl (C=O) groups excluding carboxylic acids is 1. The van der Waals surface area contributed by atoms with Gasteiger partial charge in [-0.3, -0.25) is 14.9 Å². The van der Waals surface area contributed by atoms with Gasteiger partial charge in [0.2, 0.25) is 0 Å². The lowest BCUT2D eigenvalue weighted by atomic mass is 10.1. The number of hydrogen-bond donors (Lipinski definition) is 3. The number of aromatic nitrogens is 1. The van der Waals surface area contributed by atoms with Gasteiger partial charge >= 0.3 is 0 Å². The van der Waals surface area contributed by atoms with Crippen molar-refractivity contribution in [2.24, 2.45) is 0 Å². The molecule has 1 heterocycles. The largest absolute Gasteiger partial charge is 0.361 e. The van der Waals surface area contributed by atoms with Crippen molar-refractivity contribution in [3.8, 4) is 0 Å². The molecule has 27 heavy (non-hydrogen) atoms. The summed E-state index contributed by atoms with van der Waals surface area (Å²) in [5, 5.41) is 9.75. The van der Waals surface area contributed by atoms with Gasteiger partial charge in [-0.1, -0.05) is 43.3 Å². The molecule has 0 aliphatic heterocycles. The highest BCUT2D eigenvalue weighted by atomic mass is 16.5. The monoisotopic (exact) mass is 363 g/mol. The summed E-state index contributed by atoms with van der Waals surface area (Å²) in [6, 6.07) is 16.8. The van der Waals surface area contributed by atoms with E-state index in [1.807, 2.05) is 18.3 Å². The Morgan fingerprint density at radius 3 is 2.67 bits per heavy atom. The summed E-state index contributed by atoms with van der Waals surface area (Å²) in [4.78, 5) is 16.7. The van der Waals surface area contributed by atoms with E-state index in [4.69, 9.17) is 5.21 Å². The SMILES string of the molecule is CCN(CCc1ccc2cc[nH]c2c1)Cc1ccc(/C=C/C(=O)NO)cc1. The van der Waals surface area contributed by atoms with E-state index in [1.54, 1.807) is 11.6 Å². The summed E-state index contributed by atoms with van der Waals surface area (Å²) in [5.41, 5.74) is 6.27. The number of rotatable bonds is 8. The van der Waals surface area contributed by atoms with Crippen LogP contribution in [0.4, 0.5) is 0 Å². The van der Waals surface area contributed by atoms with Crippen molar-refractivity contribution in [2.45, 2.75) is 19.9 Å². The molecular formula is C22H25N3O2. The van der Waals surface area contributed by atoms with Gasteiger partial charge in [-0.2, -0.15) is 0 Å². The Morgan fingerprint density at radius 1 is 1.15 bits per heavy atom. The van der Waals surface area contributed by atoms with E-state index in [1.165, 1.54) is 28.1 Å². The molecule has 5 heteroatoms. The van der Waals surface area contributed by atoms with Gasteiger partial charge in [0, 0.05) is 30.9 Å². The third-order valence-electron chi connectivity index (χ3n) is 4.71. The van der Waals surface area contributed by atoms with E-state index in [9.17, 15) is 4.79 Å². The lowest BCUT2D eigenvalue weighted by molar-refractivity contribution is -0.124. The van der Waals surface area contributed by atoms with Crippen LogP contribution >= 0.6 is 0 Å². The summed E-state index contributed by atoms with van der Waals surface area (Å²) < 4.78 is 0. The van der Waals surface area contributed by atoms with Crippen molar-refractivity contribution in [1.29, 1.82) is 0 Å². The normalized spacial score (nSPS) is 11.5. The Morgan fingerprint density at radius 2 is 1.93 bits per heavy atom. The van der Waals surface area contributed by atoms with Crippen LogP contribution in [0, 0.1) is 0 Å². The second kappa shape index (κ2) is 9.16. The maximum Gasteiger partial charge on any atom is 0.267 e. The number of benzene rings is 2. The van der Waals surface area contributed by atoms with Gasteiger partial charge in [0.15, 0.2) is 0 Å². The Balaban J connectivity index is 1.56. The Kier molecular flexibility index (Phi) is 6.41. The third-order valence-corrected chi connectivity index (χ3v) is 4.71. The van der Waals surface area contributed by atoms with Gasteiger partial charge < -0.3 is 4.98 Å². The third kappa shape index (κ3) is 5.29. The number of carbonyl (C=O) groups is 1. The molecule has 0 saturated carbocycles. The molecule has 3 rings (SSSR count). The molecule has 3 N–H and O–H groups in total. The summed E-state index contributed by atoms with van der Waals surface area (Å²) in [7, 11) is 0. The fourth-order valence-corrected chi connectivity index (χ4v) is 3.09. The highest BCUT2D eigenvalue weighted by Gasteiger charge is 2.05. The Hall–Kier alpha value is -2.89. The molecule has 2 aromatic carbocycles. The maximum absolute atomic E-state index is 11.0. The number of hydrogen-bond acceptors (Lipinski definition) is 3. The molecule has 0 fully saturated rings. The topological polar surface area (TPSA) is 68.4 Å². The number of nitrogens with zero attached hydrogens (tertiary/aromatic N) is 1. The van der Waals surface area contributed by atoms with Gasteiger partial charge in [-0.25, -0.2) is 5.48 Å². The van der Waals surface area contributed by atoms with Crippen molar-refractivity contribution < 1.29 is 10.0 Å². The second-order valence-electron chi connectivity index (χ2n) is 6.57. The lowest BCUT2D eigenvalue weighted by Crippen LogP contribution is -2.25. The minimum atomic E-state index is -0.534. The summed E-state index contributed by atoms with van der Waals surface area (Å²) in [5.74, 6) is -0.534. The standard InChI is InChI=1S/C22H25N3O2/c1-2-25(14-12-18-7-9-20-11-13-23-21(20)15-18)16-19-5-3-17(4-6-19)8-10-22(26)24-27/h3-11,13,15,23,27H,2,12,14,16H2,1H3,(H,24,26)/b10-8+. The van der Waals surface area contributed by atoms with E-state index in [0.29, 0.717) is 0 Å². The molecule has 3 aromatic rings. The molecule has 1 aromatic heterocycles. The van der Waals surface area contributed by atoms with Gasteiger partial charge in [-0.05, 0) is 53.3 Å². The summed E-state index contributed by atoms with van der Waals surface area (Å²) in [6.07, 6.45) is 5.96. The van der Waals surface area contributed by atoms with Crippen LogP contribution in [0.15, 0.2) is 60.8 Å². The number of fused-ring (bicyclic) bond motifs is 1. The number of nitrogens with one attached hydrogen (secondary N) is 2. The molecule has 0 radical (unpaired) electrons. The minimum Gasteiger partial charge on any atom is -0.361 e. The molecule has 0 unspecified atom stereocenters. The number of hydroxylamine groups is 1. The molecule has 0 bridgehead atoms. The van der Waals surface area contributed by atoms with Crippen molar-refractivity contribution in [2.75, 3.05) is 13.1 Å². The average Bonchev–Trinajstić information content (AvgIpc) is 3.18. The molecule has 0 aliphatic rings. The van der Waals surface area contributed by atoms with Crippen LogP contribution in [0.25, 0.3) is 17.0 Å². The van der Waals surface area contributed by atoms with Gasteiger partial charge in [0.05, 0.1) is 0 Å². The number of aromatic amines is 1. The molecule has 1 amide bonds. The molecule has 0 saturated heterocycles. The Labute approximate surface area is 159 Å². The van der Waals surface area contributed by atoms with E-state index in [2.05, 4.69) is 53.2 Å². The van der Waals surface area contributed by atoms with E-state index < -0.39 is 5.91 Å². The predicted octanol–water partition coefficient (Wildman–Crippen LogP) is 3.75. The van der Waals surface area contributed by atoms with E-state index >= 15 is 0 Å². The van der Waals surface area contributed by atoms with Gasteiger partial charge in [0.25, 0.3) is 5.91 Å². The van der Waals surface area contributed by atoms with Crippen LogP contribution in [0.1, 0.15) is 23.6 Å². The van der Waals surface area contributed by atoms with E-state index in [0.717, 1.165) is 31.6 Å². The molecule has 0 aliphatic carbocycles. The minimum absolute atomic E-state index is 0.534. The van der Waals surface area contributed by atoms with Crippen LogP contribution in [0.5, 0.6) is 0 Å². The Bertz CT molecular complexity index is 913. The first-order valence-corrected chi connectivity index (χ1v) is 9.17. The van der Waals surface area contributed by atoms with Crippen LogP contribution in [0.2, 0.25) is 0 Å². The van der Waals surface area contributed by atoms with Crippen molar-refractivity contribution in [1.82, 2.24) is 15.4 Å². The van der Waals surface area contributed by atoms with Gasteiger partial charge in [-0.15, -0.1) is 0 Å². The first kappa shape index (κ1) is 18.9. The number of H-pyrrole nitrogens is 1. The average molecular weight is 363 g/mol. The van der Waals surface area contributed by atoms with Crippen molar-refractivity contribution in [3.63, 3.8) is 0 Å². The predicted molar refractivity (Wildman–Crippen MR) is 108 cm³/mol. The van der Waals surface area contributed by atoms with Crippen molar-refractivity contribution in [3.05, 3.63) is 77.5 Å². The second-order valence-corrected chi connectivity index (χ2v) is 6.57. The first-order valence-electron chi connectivity index (χ1n) is 9.17. The molecule has 5 nitrogen and oxygen atoms in total. The number of amides is 1. The van der Waals surface area contributed by atoms with Gasteiger partial charge in [0.1, 0.15) is 0 Å². The zero-order valence-electron chi connectivity index (χ0n) is 15.5. The quantitative estimate of drug-likeness (QED) is 0.324. The highest BCUT2D eigenvalue weighted by molar-refractivity contribution is 5.90. The molecule has 140 valence electrons. The van der Waals surface area contributed by atoms with Crippen LogP contribution in [0.3, 0.4) is 0 Å². The summed E-state index contributed by atoms with van der Waals surface area (Å²) >= 11 is 0. The first-order chi connectivity index (χ1) is 13.2. The van der Waals surface area contributed by atoms with Crippen molar-refractivity contribution >= 4 is 22.9 Å². The van der Waals surface area contributed by atoms with Crippen LogP contribution in [-0.4, -0.2) is 34.1 Å². The maximum atomic E-state index is 11.0. The summed E-state index contributed by atoms with van der Waals surface area (Å²) in [6.45, 7) is 5.06. The number of likely N-dealkylation sites (N-methyl/N-ethyl adjacent to an activating group) is 1. The fraction of sp³-hybridized carbons (Fsp3) is 0.227. The lowest BCUT2D eigenvalue weighted by Gasteiger charge is -2.20. The fourth-order valence-electron chi connectivity index (χ4n) is 3.09. The van der Waals surface area contributed by atoms with Crippen LogP contribution < -0.4 is 5.48 Å². The molecule has 0 atom stereocenters.